The van der Waals surface area contributed by atoms with Gasteiger partial charge >= 0.3 is 6.09 Å². The Hall–Kier alpha value is -1.62. The normalized spacial score (nSPS) is 15.5. The summed E-state index contributed by atoms with van der Waals surface area (Å²) in [5.74, 6) is -0.0212. The summed E-state index contributed by atoms with van der Waals surface area (Å²) in [6.45, 7) is 1.52. The Morgan fingerprint density at radius 1 is 1.40 bits per heavy atom. The lowest BCUT2D eigenvalue weighted by atomic mass is 10.2. The van der Waals surface area contributed by atoms with Crippen LogP contribution < -0.4 is 15.4 Å². The smallest absolute Gasteiger partial charge is 0.410 e. The molecule has 1 fully saturated rings. The maximum Gasteiger partial charge on any atom is 0.412 e. The summed E-state index contributed by atoms with van der Waals surface area (Å²) < 4.78 is 17.5. The molecule has 2 N–H and O–H groups in total. The first-order valence-corrected chi connectivity index (χ1v) is 4.69. The van der Waals surface area contributed by atoms with E-state index in [0.717, 1.165) is 13.1 Å². The fourth-order valence-electron chi connectivity index (χ4n) is 1.20. The van der Waals surface area contributed by atoms with Crippen molar-refractivity contribution in [2.24, 2.45) is 0 Å². The lowest BCUT2D eigenvalue weighted by molar-refractivity contribution is 0.190. The first-order valence-electron chi connectivity index (χ1n) is 4.69. The number of amides is 1. The molecule has 0 aliphatic carbocycles. The zero-order chi connectivity index (χ0) is 10.7. The minimum absolute atomic E-state index is 0.137. The van der Waals surface area contributed by atoms with Crippen molar-refractivity contribution in [2.45, 2.75) is 6.04 Å². The van der Waals surface area contributed by atoms with Crippen LogP contribution >= 0.6 is 0 Å². The third kappa shape index (κ3) is 2.66. The fourth-order valence-corrected chi connectivity index (χ4v) is 1.20. The molecular formula is C10H11FN2O2. The van der Waals surface area contributed by atoms with Crippen molar-refractivity contribution < 1.29 is 13.9 Å². The number of rotatable bonds is 2. The van der Waals surface area contributed by atoms with Crippen molar-refractivity contribution in [3.8, 4) is 5.75 Å². The lowest BCUT2D eigenvalue weighted by Gasteiger charge is -2.27. The average molecular weight is 210 g/mol. The Balaban J connectivity index is 1.84. The highest BCUT2D eigenvalue weighted by Gasteiger charge is 2.19. The zero-order valence-electron chi connectivity index (χ0n) is 8.00. The van der Waals surface area contributed by atoms with Crippen molar-refractivity contribution in [1.29, 1.82) is 0 Å². The number of carbonyl (C=O) groups excluding carboxylic acids is 1. The van der Waals surface area contributed by atoms with Gasteiger partial charge in [-0.3, -0.25) is 0 Å². The molecule has 0 bridgehead atoms. The second-order valence-electron chi connectivity index (χ2n) is 3.34. The molecule has 1 aromatic carbocycles. The van der Waals surface area contributed by atoms with E-state index in [1.165, 1.54) is 24.3 Å². The minimum atomic E-state index is -0.506. The molecule has 1 saturated heterocycles. The number of ether oxygens (including phenoxy) is 1. The number of carbonyl (C=O) groups is 1. The molecule has 0 saturated carbocycles. The zero-order valence-corrected chi connectivity index (χ0v) is 8.00. The summed E-state index contributed by atoms with van der Waals surface area (Å²) in [6, 6.07) is 5.45. The maximum absolute atomic E-state index is 12.5. The van der Waals surface area contributed by atoms with E-state index in [1.807, 2.05) is 0 Å². The van der Waals surface area contributed by atoms with E-state index < -0.39 is 6.09 Å². The molecule has 0 unspecified atom stereocenters. The topological polar surface area (TPSA) is 50.4 Å². The van der Waals surface area contributed by atoms with Gasteiger partial charge in [0.15, 0.2) is 0 Å². The van der Waals surface area contributed by atoms with Crippen molar-refractivity contribution in [3.05, 3.63) is 30.1 Å². The van der Waals surface area contributed by atoms with Crippen LogP contribution in [0.15, 0.2) is 24.3 Å². The molecule has 5 heteroatoms. The van der Waals surface area contributed by atoms with Gasteiger partial charge in [-0.2, -0.15) is 0 Å². The second kappa shape index (κ2) is 4.27. The third-order valence-electron chi connectivity index (χ3n) is 2.13. The molecule has 0 atom stereocenters. The Morgan fingerprint density at radius 3 is 2.60 bits per heavy atom. The van der Waals surface area contributed by atoms with E-state index in [9.17, 15) is 9.18 Å². The van der Waals surface area contributed by atoms with Gasteiger partial charge in [-0.25, -0.2) is 9.18 Å². The van der Waals surface area contributed by atoms with Crippen molar-refractivity contribution in [1.82, 2.24) is 10.6 Å². The minimum Gasteiger partial charge on any atom is -0.410 e. The molecule has 1 aliphatic heterocycles. The van der Waals surface area contributed by atoms with Gasteiger partial charge in [0.25, 0.3) is 0 Å². The molecule has 1 aliphatic rings. The highest BCUT2D eigenvalue weighted by atomic mass is 19.1. The largest absolute Gasteiger partial charge is 0.412 e. The Labute approximate surface area is 86.4 Å². The average Bonchev–Trinajstić information content (AvgIpc) is 2.16. The van der Waals surface area contributed by atoms with E-state index in [2.05, 4.69) is 10.6 Å². The monoisotopic (exact) mass is 210 g/mol. The van der Waals surface area contributed by atoms with Gasteiger partial charge in [-0.1, -0.05) is 0 Å². The van der Waals surface area contributed by atoms with Crippen LogP contribution in [0.1, 0.15) is 0 Å². The molecular weight excluding hydrogens is 199 g/mol. The first kappa shape index (κ1) is 9.92. The Morgan fingerprint density at radius 2 is 2.07 bits per heavy atom. The number of hydrogen-bond donors (Lipinski definition) is 2. The van der Waals surface area contributed by atoms with Crippen molar-refractivity contribution in [2.75, 3.05) is 13.1 Å². The summed E-state index contributed by atoms with van der Waals surface area (Å²) in [5.41, 5.74) is 0. The molecule has 0 spiro atoms. The van der Waals surface area contributed by atoms with Gasteiger partial charge in [0.2, 0.25) is 0 Å². The van der Waals surface area contributed by atoms with Gasteiger partial charge < -0.3 is 15.4 Å². The Kier molecular flexibility index (Phi) is 2.82. The van der Waals surface area contributed by atoms with Gasteiger partial charge in [-0.15, -0.1) is 0 Å². The summed E-state index contributed by atoms with van der Waals surface area (Å²) in [5, 5.41) is 5.68. The summed E-state index contributed by atoms with van der Waals surface area (Å²) in [4.78, 5) is 11.2. The second-order valence-corrected chi connectivity index (χ2v) is 3.34. The maximum atomic E-state index is 12.5. The van der Waals surface area contributed by atoms with E-state index in [0.29, 0.717) is 5.75 Å². The molecule has 0 aromatic heterocycles. The highest BCUT2D eigenvalue weighted by Crippen LogP contribution is 2.11. The van der Waals surface area contributed by atoms with Gasteiger partial charge in [0.05, 0.1) is 6.04 Å². The van der Waals surface area contributed by atoms with Crippen LogP contribution in [0.2, 0.25) is 0 Å². The van der Waals surface area contributed by atoms with Gasteiger partial charge in [0.1, 0.15) is 11.6 Å². The molecule has 0 radical (unpaired) electrons. The number of nitrogens with one attached hydrogen (secondary N) is 2. The molecule has 80 valence electrons. The van der Waals surface area contributed by atoms with Crippen LogP contribution in [0.4, 0.5) is 9.18 Å². The van der Waals surface area contributed by atoms with Crippen LogP contribution in [0.3, 0.4) is 0 Å². The summed E-state index contributed by atoms with van der Waals surface area (Å²) in [6.07, 6.45) is -0.506. The van der Waals surface area contributed by atoms with Crippen LogP contribution in [0, 0.1) is 5.82 Å². The van der Waals surface area contributed by atoms with E-state index >= 15 is 0 Å². The van der Waals surface area contributed by atoms with E-state index in [1.54, 1.807) is 0 Å². The molecule has 2 rings (SSSR count). The predicted octanol–water partition coefficient (Wildman–Crippen LogP) is 0.886. The Bertz CT molecular complexity index is 349. The van der Waals surface area contributed by atoms with Crippen molar-refractivity contribution >= 4 is 6.09 Å². The molecule has 15 heavy (non-hydrogen) atoms. The number of benzene rings is 1. The number of halogens is 1. The van der Waals surface area contributed by atoms with Crippen LogP contribution in [0.5, 0.6) is 5.75 Å². The summed E-state index contributed by atoms with van der Waals surface area (Å²) >= 11 is 0. The lowest BCUT2D eigenvalue weighted by Crippen LogP contribution is -2.57. The van der Waals surface area contributed by atoms with Crippen LogP contribution in [-0.4, -0.2) is 25.2 Å². The quantitative estimate of drug-likeness (QED) is 0.762. The molecule has 1 heterocycles. The molecule has 4 nitrogen and oxygen atoms in total. The standard InChI is InChI=1S/C10H11FN2O2/c11-7-1-3-9(4-2-7)15-10(14)13-8-5-12-6-8/h1-4,8,12H,5-6H2,(H,13,14). The highest BCUT2D eigenvalue weighted by molar-refractivity contribution is 5.70. The van der Waals surface area contributed by atoms with Crippen LogP contribution in [-0.2, 0) is 0 Å². The third-order valence-corrected chi connectivity index (χ3v) is 2.13. The first-order chi connectivity index (χ1) is 7.24. The van der Waals surface area contributed by atoms with Crippen molar-refractivity contribution in [3.63, 3.8) is 0 Å². The predicted molar refractivity (Wildman–Crippen MR) is 52.2 cm³/mol. The van der Waals surface area contributed by atoms with Gasteiger partial charge in [-0.05, 0) is 24.3 Å². The van der Waals surface area contributed by atoms with E-state index in [4.69, 9.17) is 4.74 Å². The number of hydrogen-bond acceptors (Lipinski definition) is 3. The SMILES string of the molecule is O=C(NC1CNC1)Oc1ccc(F)cc1. The molecule has 1 aromatic rings. The van der Waals surface area contributed by atoms with E-state index in [-0.39, 0.29) is 11.9 Å². The van der Waals surface area contributed by atoms with Gasteiger partial charge in [0, 0.05) is 13.1 Å². The van der Waals surface area contributed by atoms with Crippen LogP contribution in [0.25, 0.3) is 0 Å². The fraction of sp³-hybridized carbons (Fsp3) is 0.300. The molecule has 1 amide bonds. The summed E-state index contributed by atoms with van der Waals surface area (Å²) in [7, 11) is 0.